The predicted octanol–water partition coefficient (Wildman–Crippen LogP) is 4.92. The van der Waals surface area contributed by atoms with E-state index in [0.717, 1.165) is 6.07 Å². The van der Waals surface area contributed by atoms with E-state index in [2.05, 4.69) is 0 Å². The first-order valence-electron chi connectivity index (χ1n) is 4.72. The maximum absolute atomic E-state index is 13.3. The van der Waals surface area contributed by atoms with Gasteiger partial charge in [-0.05, 0) is 12.1 Å². The van der Waals surface area contributed by atoms with Crippen LogP contribution in [0.3, 0.4) is 0 Å². The highest BCUT2D eigenvalue weighted by Gasteiger charge is 2.37. The third-order valence-electron chi connectivity index (χ3n) is 2.35. The van der Waals surface area contributed by atoms with E-state index in [4.69, 9.17) is 11.6 Å². The van der Waals surface area contributed by atoms with Gasteiger partial charge in [-0.1, -0.05) is 11.6 Å². The molecule has 0 amide bonds. The standard InChI is InChI=1S/C11H5ClF4OS/c1-4(17)9-8(12)5-2-3-6(13)7(10(5)18-9)11(14,15)16/h2-3H,1H3. The molecule has 1 aromatic heterocycles. The van der Waals surface area contributed by atoms with Crippen molar-refractivity contribution in [3.05, 3.63) is 33.4 Å². The van der Waals surface area contributed by atoms with E-state index in [1.54, 1.807) is 0 Å². The van der Waals surface area contributed by atoms with Crippen molar-refractivity contribution in [3.8, 4) is 0 Å². The number of alkyl halides is 3. The monoisotopic (exact) mass is 296 g/mol. The van der Waals surface area contributed by atoms with Crippen LogP contribution in [0.25, 0.3) is 10.1 Å². The van der Waals surface area contributed by atoms with Crippen LogP contribution >= 0.6 is 22.9 Å². The molecule has 0 fully saturated rings. The second kappa shape index (κ2) is 4.20. The van der Waals surface area contributed by atoms with Crippen LogP contribution < -0.4 is 0 Å². The Kier molecular flexibility index (Phi) is 3.11. The smallest absolute Gasteiger partial charge is 0.294 e. The molecule has 18 heavy (non-hydrogen) atoms. The summed E-state index contributed by atoms with van der Waals surface area (Å²) in [5.74, 6) is -1.82. The van der Waals surface area contributed by atoms with Crippen molar-refractivity contribution in [3.63, 3.8) is 0 Å². The van der Waals surface area contributed by atoms with Crippen LogP contribution in [0.4, 0.5) is 17.6 Å². The Balaban J connectivity index is 2.90. The highest BCUT2D eigenvalue weighted by molar-refractivity contribution is 7.21. The van der Waals surface area contributed by atoms with Crippen molar-refractivity contribution in [2.45, 2.75) is 13.1 Å². The Hall–Kier alpha value is -1.14. The Morgan fingerprint density at radius 3 is 2.44 bits per heavy atom. The fraction of sp³-hybridized carbons (Fsp3) is 0.182. The van der Waals surface area contributed by atoms with Gasteiger partial charge in [0.05, 0.1) is 14.6 Å². The topological polar surface area (TPSA) is 17.1 Å². The van der Waals surface area contributed by atoms with E-state index in [1.807, 2.05) is 0 Å². The highest BCUT2D eigenvalue weighted by Crippen LogP contribution is 2.44. The second-order valence-corrected chi connectivity index (χ2v) is 5.00. The van der Waals surface area contributed by atoms with Gasteiger partial charge in [0.25, 0.3) is 0 Å². The SMILES string of the molecule is CC(=O)c1sc2c(C(F)(F)F)c(F)ccc2c1Cl. The molecular weight excluding hydrogens is 292 g/mol. The number of benzene rings is 1. The first-order valence-corrected chi connectivity index (χ1v) is 5.91. The number of Topliss-reactive ketones (excluding diaryl/α,β-unsaturated/α-hetero) is 1. The van der Waals surface area contributed by atoms with Crippen LogP contribution in [0, 0.1) is 5.82 Å². The summed E-state index contributed by atoms with van der Waals surface area (Å²) in [4.78, 5) is 11.2. The second-order valence-electron chi connectivity index (χ2n) is 3.60. The van der Waals surface area contributed by atoms with Crippen LogP contribution in [-0.4, -0.2) is 5.78 Å². The fourth-order valence-electron chi connectivity index (χ4n) is 1.60. The Labute approximate surface area is 108 Å². The van der Waals surface area contributed by atoms with Crippen molar-refractivity contribution < 1.29 is 22.4 Å². The fourth-order valence-corrected chi connectivity index (χ4v) is 3.20. The van der Waals surface area contributed by atoms with Crippen molar-refractivity contribution in [2.24, 2.45) is 0 Å². The molecule has 0 saturated carbocycles. The van der Waals surface area contributed by atoms with E-state index in [-0.39, 0.29) is 20.0 Å². The van der Waals surface area contributed by atoms with Crippen LogP contribution in [0.2, 0.25) is 5.02 Å². The lowest BCUT2D eigenvalue weighted by molar-refractivity contribution is -0.138. The molecule has 2 aromatic rings. The number of thiophene rings is 1. The summed E-state index contributed by atoms with van der Waals surface area (Å²) in [6, 6.07) is 1.85. The molecule has 0 bridgehead atoms. The minimum Gasteiger partial charge on any atom is -0.294 e. The molecule has 0 aliphatic heterocycles. The molecule has 1 aromatic carbocycles. The van der Waals surface area contributed by atoms with Crippen LogP contribution in [0.1, 0.15) is 22.2 Å². The molecular formula is C11H5ClF4OS. The van der Waals surface area contributed by atoms with Gasteiger partial charge in [-0.2, -0.15) is 13.2 Å². The quantitative estimate of drug-likeness (QED) is 0.539. The van der Waals surface area contributed by atoms with Gasteiger partial charge in [0.1, 0.15) is 11.4 Å². The lowest BCUT2D eigenvalue weighted by Crippen LogP contribution is -2.07. The largest absolute Gasteiger partial charge is 0.420 e. The summed E-state index contributed by atoms with van der Waals surface area (Å²) >= 11 is 6.38. The number of hydrogen-bond acceptors (Lipinski definition) is 2. The molecule has 0 radical (unpaired) electrons. The molecule has 0 atom stereocenters. The molecule has 0 spiro atoms. The van der Waals surface area contributed by atoms with Crippen LogP contribution in [0.5, 0.6) is 0 Å². The Morgan fingerprint density at radius 2 is 1.94 bits per heavy atom. The number of rotatable bonds is 1. The average Bonchev–Trinajstić information content (AvgIpc) is 2.53. The zero-order valence-corrected chi connectivity index (χ0v) is 10.4. The number of ketones is 1. The van der Waals surface area contributed by atoms with Gasteiger partial charge in [0.2, 0.25) is 0 Å². The molecule has 7 heteroatoms. The molecule has 0 saturated heterocycles. The van der Waals surface area contributed by atoms with Gasteiger partial charge in [-0.25, -0.2) is 4.39 Å². The zero-order valence-electron chi connectivity index (χ0n) is 8.86. The van der Waals surface area contributed by atoms with Gasteiger partial charge in [-0.3, -0.25) is 4.79 Å². The molecule has 0 aliphatic carbocycles. The molecule has 1 nitrogen and oxygen atoms in total. The number of fused-ring (bicyclic) bond motifs is 1. The van der Waals surface area contributed by atoms with Gasteiger partial charge >= 0.3 is 6.18 Å². The van der Waals surface area contributed by atoms with Gasteiger partial charge < -0.3 is 0 Å². The van der Waals surface area contributed by atoms with Gasteiger partial charge in [0.15, 0.2) is 5.78 Å². The Morgan fingerprint density at radius 1 is 1.33 bits per heavy atom. The van der Waals surface area contributed by atoms with E-state index in [1.165, 1.54) is 6.92 Å². The summed E-state index contributed by atoms with van der Waals surface area (Å²) in [6.07, 6.45) is -4.83. The Bertz CT molecular complexity index is 645. The molecule has 96 valence electrons. The number of carbonyl (C=O) groups excluding carboxylic acids is 1. The summed E-state index contributed by atoms with van der Waals surface area (Å²) < 4.78 is 51.2. The van der Waals surface area contributed by atoms with E-state index < -0.39 is 23.3 Å². The molecule has 1 heterocycles. The highest BCUT2D eigenvalue weighted by atomic mass is 35.5. The normalized spacial score (nSPS) is 12.1. The van der Waals surface area contributed by atoms with Gasteiger partial charge in [-0.15, -0.1) is 11.3 Å². The summed E-state index contributed by atoms with van der Waals surface area (Å²) in [6.45, 7) is 1.19. The summed E-state index contributed by atoms with van der Waals surface area (Å²) in [7, 11) is 0. The maximum atomic E-state index is 13.3. The minimum atomic E-state index is -4.83. The van der Waals surface area contributed by atoms with E-state index in [9.17, 15) is 22.4 Å². The summed E-state index contributed by atoms with van der Waals surface area (Å²) in [5.41, 5.74) is -1.38. The lowest BCUT2D eigenvalue weighted by atomic mass is 10.1. The molecule has 2 rings (SSSR count). The first-order chi connectivity index (χ1) is 8.23. The molecule has 0 aliphatic rings. The lowest BCUT2D eigenvalue weighted by Gasteiger charge is -2.08. The van der Waals surface area contributed by atoms with Crippen molar-refractivity contribution >= 4 is 38.8 Å². The van der Waals surface area contributed by atoms with Crippen LogP contribution in [-0.2, 0) is 6.18 Å². The van der Waals surface area contributed by atoms with Crippen molar-refractivity contribution in [1.29, 1.82) is 0 Å². The van der Waals surface area contributed by atoms with E-state index in [0.29, 0.717) is 17.4 Å². The average molecular weight is 297 g/mol. The number of halogens is 5. The maximum Gasteiger partial charge on any atom is 0.420 e. The predicted molar refractivity (Wildman–Crippen MR) is 61.8 cm³/mol. The summed E-state index contributed by atoms with van der Waals surface area (Å²) in [5, 5.41) is -0.0198. The number of hydrogen-bond donors (Lipinski definition) is 0. The zero-order chi connectivity index (χ0) is 13.7. The minimum absolute atomic E-state index is 0.00256. The van der Waals surface area contributed by atoms with Crippen LogP contribution in [0.15, 0.2) is 12.1 Å². The number of carbonyl (C=O) groups is 1. The van der Waals surface area contributed by atoms with Crippen molar-refractivity contribution in [1.82, 2.24) is 0 Å². The molecule has 0 unspecified atom stereocenters. The third kappa shape index (κ3) is 1.99. The molecule has 0 N–H and O–H groups in total. The van der Waals surface area contributed by atoms with E-state index >= 15 is 0 Å². The third-order valence-corrected chi connectivity index (χ3v) is 4.18. The first kappa shape index (κ1) is 13.3. The van der Waals surface area contributed by atoms with Gasteiger partial charge in [0, 0.05) is 12.3 Å². The van der Waals surface area contributed by atoms with Crippen molar-refractivity contribution in [2.75, 3.05) is 0 Å².